The lowest BCUT2D eigenvalue weighted by atomic mass is 10.3. The van der Waals surface area contributed by atoms with Crippen LogP contribution in [0, 0.1) is 6.92 Å². The maximum Gasteiger partial charge on any atom is 0.296 e. The fraction of sp³-hybridized carbons (Fsp3) is 0.250. The molecule has 24 heavy (non-hydrogen) atoms. The van der Waals surface area contributed by atoms with Gasteiger partial charge in [0.25, 0.3) is 5.91 Å². The first kappa shape index (κ1) is 15.4. The summed E-state index contributed by atoms with van der Waals surface area (Å²) in [7, 11) is 0. The van der Waals surface area contributed by atoms with Crippen molar-refractivity contribution < 1.29 is 9.63 Å². The van der Waals surface area contributed by atoms with Gasteiger partial charge >= 0.3 is 0 Å². The minimum Gasteiger partial charge on any atom is -0.271 e. The second kappa shape index (κ2) is 6.39. The van der Waals surface area contributed by atoms with Gasteiger partial charge in [0.05, 0.1) is 23.7 Å². The van der Waals surface area contributed by atoms with Gasteiger partial charge in [-0.2, -0.15) is 0 Å². The quantitative estimate of drug-likeness (QED) is 0.718. The number of pyridine rings is 1. The molecule has 0 N–H and O–H groups in total. The van der Waals surface area contributed by atoms with Gasteiger partial charge in [0.15, 0.2) is 0 Å². The molecule has 0 aliphatic carbocycles. The number of hydroxylamine groups is 2. The maximum absolute atomic E-state index is 12.3. The van der Waals surface area contributed by atoms with Crippen LogP contribution < -0.4 is 0 Å². The van der Waals surface area contributed by atoms with E-state index in [0.29, 0.717) is 18.8 Å². The number of thiazole rings is 2. The molecular formula is C16H14N4O2S2. The molecule has 3 aromatic heterocycles. The Balaban J connectivity index is 1.63. The van der Waals surface area contributed by atoms with Gasteiger partial charge in [-0.15, -0.1) is 22.7 Å². The lowest BCUT2D eigenvalue weighted by Gasteiger charge is -2.11. The molecule has 0 unspecified atom stereocenters. The first-order valence-corrected chi connectivity index (χ1v) is 9.20. The maximum atomic E-state index is 12.3. The highest BCUT2D eigenvalue weighted by Crippen LogP contribution is 2.36. The zero-order valence-electron chi connectivity index (χ0n) is 12.9. The molecule has 0 aromatic carbocycles. The molecule has 1 aliphatic heterocycles. The highest BCUT2D eigenvalue weighted by Gasteiger charge is 2.24. The number of hydrogen-bond donors (Lipinski definition) is 0. The number of carbonyl (C=O) groups is 1. The number of carbonyl (C=O) groups excluding carboxylic acids is 1. The Morgan fingerprint density at radius 3 is 3.00 bits per heavy atom. The van der Waals surface area contributed by atoms with Crippen LogP contribution in [0.4, 0.5) is 0 Å². The summed E-state index contributed by atoms with van der Waals surface area (Å²) in [5.74, 6) is -0.176. The van der Waals surface area contributed by atoms with Gasteiger partial charge in [-0.1, -0.05) is 0 Å². The van der Waals surface area contributed by atoms with Gasteiger partial charge in [0.2, 0.25) is 0 Å². The van der Waals surface area contributed by atoms with E-state index in [1.165, 1.54) is 16.4 Å². The van der Waals surface area contributed by atoms with E-state index < -0.39 is 0 Å². The van der Waals surface area contributed by atoms with Crippen LogP contribution in [0.25, 0.3) is 20.5 Å². The van der Waals surface area contributed by atoms with Crippen molar-refractivity contribution in [2.75, 3.05) is 13.2 Å². The van der Waals surface area contributed by atoms with Crippen LogP contribution in [-0.2, 0) is 4.84 Å². The normalized spacial score (nSPS) is 14.3. The van der Waals surface area contributed by atoms with Crippen LogP contribution in [-0.4, -0.2) is 39.1 Å². The zero-order valence-corrected chi connectivity index (χ0v) is 14.6. The number of nitrogens with zero attached hydrogens (tertiary/aromatic N) is 4. The Labute approximate surface area is 146 Å². The first-order chi connectivity index (χ1) is 11.7. The minimum atomic E-state index is -0.176. The van der Waals surface area contributed by atoms with Gasteiger partial charge in [-0.25, -0.2) is 15.0 Å². The molecule has 0 radical (unpaired) electrons. The number of rotatable bonds is 3. The third kappa shape index (κ3) is 2.83. The first-order valence-electron chi connectivity index (χ1n) is 7.51. The van der Waals surface area contributed by atoms with Crippen molar-refractivity contribution in [2.45, 2.75) is 13.3 Å². The van der Waals surface area contributed by atoms with Crippen molar-refractivity contribution in [1.82, 2.24) is 20.0 Å². The Morgan fingerprint density at radius 1 is 1.33 bits per heavy atom. The highest BCUT2D eigenvalue weighted by molar-refractivity contribution is 7.23. The Bertz CT molecular complexity index is 869. The van der Waals surface area contributed by atoms with Gasteiger partial charge in [-0.3, -0.25) is 14.6 Å². The molecule has 6 nitrogen and oxygen atoms in total. The van der Waals surface area contributed by atoms with E-state index in [9.17, 15) is 4.79 Å². The van der Waals surface area contributed by atoms with E-state index >= 15 is 0 Å². The predicted molar refractivity (Wildman–Crippen MR) is 92.8 cm³/mol. The molecule has 1 aliphatic rings. The molecule has 122 valence electrons. The van der Waals surface area contributed by atoms with Gasteiger partial charge in [0.1, 0.15) is 15.7 Å². The van der Waals surface area contributed by atoms with Crippen LogP contribution in [0.5, 0.6) is 0 Å². The van der Waals surface area contributed by atoms with Gasteiger partial charge < -0.3 is 0 Å². The van der Waals surface area contributed by atoms with Crippen molar-refractivity contribution >= 4 is 28.6 Å². The van der Waals surface area contributed by atoms with Gasteiger partial charge in [-0.05, 0) is 25.5 Å². The van der Waals surface area contributed by atoms with Crippen molar-refractivity contribution in [2.24, 2.45) is 0 Å². The third-order valence-corrected chi connectivity index (χ3v) is 5.80. The van der Waals surface area contributed by atoms with E-state index in [1.54, 1.807) is 29.1 Å². The molecule has 0 bridgehead atoms. The number of aromatic nitrogens is 3. The molecule has 1 amide bonds. The topological polar surface area (TPSA) is 68.2 Å². The average Bonchev–Trinajstić information content (AvgIpc) is 3.35. The standard InChI is InChI=1S/C16H14N4O2S2/c1-10-13(24-14(18-10)11-4-2-5-17-8-11)15-19-12(9-23-15)16(21)20-6-3-7-22-20/h2,4-5,8-9H,3,6-7H2,1H3. The van der Waals surface area contributed by atoms with Gasteiger partial charge in [0, 0.05) is 23.3 Å². The lowest BCUT2D eigenvalue weighted by Crippen LogP contribution is -2.26. The fourth-order valence-corrected chi connectivity index (χ4v) is 4.41. The Kier molecular flexibility index (Phi) is 4.09. The van der Waals surface area contributed by atoms with Crippen LogP contribution in [0.3, 0.4) is 0 Å². The molecule has 0 atom stereocenters. The molecule has 0 spiro atoms. The Morgan fingerprint density at radius 2 is 2.25 bits per heavy atom. The summed E-state index contributed by atoms with van der Waals surface area (Å²) in [6.07, 6.45) is 4.40. The van der Waals surface area contributed by atoms with E-state index in [2.05, 4.69) is 15.0 Å². The smallest absolute Gasteiger partial charge is 0.271 e. The Hall–Kier alpha value is -2.16. The van der Waals surface area contributed by atoms with E-state index in [4.69, 9.17) is 4.84 Å². The minimum absolute atomic E-state index is 0.176. The van der Waals surface area contributed by atoms with E-state index in [1.807, 2.05) is 19.1 Å². The molecule has 1 fully saturated rings. The second-order valence-corrected chi connectivity index (χ2v) is 7.16. The second-order valence-electron chi connectivity index (χ2n) is 5.31. The number of hydrogen-bond acceptors (Lipinski definition) is 7. The molecule has 4 heterocycles. The van der Waals surface area contributed by atoms with Crippen LogP contribution in [0.2, 0.25) is 0 Å². The lowest BCUT2D eigenvalue weighted by molar-refractivity contribution is -0.0771. The summed E-state index contributed by atoms with van der Waals surface area (Å²) in [5.41, 5.74) is 2.31. The highest BCUT2D eigenvalue weighted by atomic mass is 32.1. The average molecular weight is 358 g/mol. The molecule has 8 heteroatoms. The monoisotopic (exact) mass is 358 g/mol. The number of aryl methyl sites for hydroxylation is 1. The molecule has 0 saturated carbocycles. The molecule has 3 aromatic rings. The largest absolute Gasteiger partial charge is 0.296 e. The molecule has 1 saturated heterocycles. The van der Waals surface area contributed by atoms with Crippen molar-refractivity contribution in [3.05, 3.63) is 41.3 Å². The zero-order chi connectivity index (χ0) is 16.5. The summed E-state index contributed by atoms with van der Waals surface area (Å²) in [6.45, 7) is 3.17. The van der Waals surface area contributed by atoms with Crippen molar-refractivity contribution in [1.29, 1.82) is 0 Å². The van der Waals surface area contributed by atoms with E-state index in [0.717, 1.165) is 32.6 Å². The summed E-state index contributed by atoms with van der Waals surface area (Å²) in [6, 6.07) is 3.87. The summed E-state index contributed by atoms with van der Waals surface area (Å²) in [4.78, 5) is 31.9. The number of amides is 1. The molecular weight excluding hydrogens is 344 g/mol. The van der Waals surface area contributed by atoms with Crippen molar-refractivity contribution in [3.8, 4) is 20.5 Å². The SMILES string of the molecule is Cc1nc(-c2cccnc2)sc1-c1nc(C(=O)N2CCCO2)cs1. The molecule has 4 rings (SSSR count). The third-order valence-electron chi connectivity index (χ3n) is 3.60. The summed E-state index contributed by atoms with van der Waals surface area (Å²) in [5, 5.41) is 4.88. The van der Waals surface area contributed by atoms with Crippen LogP contribution in [0.1, 0.15) is 22.6 Å². The fourth-order valence-electron chi connectivity index (χ4n) is 2.42. The summed E-state index contributed by atoms with van der Waals surface area (Å²) >= 11 is 3.02. The van der Waals surface area contributed by atoms with E-state index in [-0.39, 0.29) is 5.91 Å². The van der Waals surface area contributed by atoms with Crippen LogP contribution in [0.15, 0.2) is 29.9 Å². The summed E-state index contributed by atoms with van der Waals surface area (Å²) < 4.78 is 0. The predicted octanol–water partition coefficient (Wildman–Crippen LogP) is 3.41. The van der Waals surface area contributed by atoms with Crippen molar-refractivity contribution in [3.63, 3.8) is 0 Å². The van der Waals surface area contributed by atoms with Crippen LogP contribution >= 0.6 is 22.7 Å².